The second-order valence-electron chi connectivity index (χ2n) is 2.62. The van der Waals surface area contributed by atoms with Crippen molar-refractivity contribution in [1.82, 2.24) is 4.90 Å². The first kappa shape index (κ1) is 16.6. The van der Waals surface area contributed by atoms with Crippen molar-refractivity contribution in [3.63, 3.8) is 0 Å². The fourth-order valence-electron chi connectivity index (χ4n) is 0.862. The molecular weight excluding hydrogens is 195 g/mol. The Labute approximate surface area is 98.5 Å². The normalized spacial score (nSPS) is 13.1. The van der Waals surface area contributed by atoms with Gasteiger partial charge in [-0.15, -0.1) is 0 Å². The van der Waals surface area contributed by atoms with Gasteiger partial charge in [-0.1, -0.05) is 6.58 Å². The fraction of sp³-hybridized carbons (Fsp3) is 0.300. The Bertz CT molecular complexity index is 227. The SMILES string of the molecule is C=C(F)F.C=CN1CCCC1=O.[Li][CH]=C. The third-order valence-electron chi connectivity index (χ3n) is 1.33. The van der Waals surface area contributed by atoms with Crippen molar-refractivity contribution in [3.8, 4) is 0 Å². The topological polar surface area (TPSA) is 20.3 Å². The minimum absolute atomic E-state index is 0.208. The standard InChI is InChI=1S/C6H9NO.C2H2F2.C2H3.Li/c1-2-7-5-3-4-6(7)8;1-2(3)4;1-2;/h2H,1,3-5H2;1H2;1H,2H2;. The summed E-state index contributed by atoms with van der Waals surface area (Å²) in [6.07, 6.45) is 1.45. The summed E-state index contributed by atoms with van der Waals surface area (Å²) in [4.78, 5) is 12.3. The monoisotopic (exact) mass is 209 g/mol. The molecule has 15 heavy (non-hydrogen) atoms. The fourth-order valence-corrected chi connectivity index (χ4v) is 0.862. The number of rotatable bonds is 1. The molecule has 5 heteroatoms. The predicted octanol–water partition coefficient (Wildman–Crippen LogP) is 2.45. The summed E-state index contributed by atoms with van der Waals surface area (Å²) < 4.78 is 22.0. The van der Waals surface area contributed by atoms with Crippen molar-refractivity contribution >= 4 is 23.6 Å². The maximum atomic E-state index is 10.7. The number of amides is 1. The Morgan fingerprint density at radius 1 is 1.47 bits per heavy atom. The molecule has 0 aromatic heterocycles. The summed E-state index contributed by atoms with van der Waals surface area (Å²) in [6, 6.07) is 0. The zero-order chi connectivity index (χ0) is 12.3. The van der Waals surface area contributed by atoms with Crippen LogP contribution < -0.4 is 0 Å². The molecule has 0 saturated carbocycles. The molecule has 0 spiro atoms. The van der Waals surface area contributed by atoms with Crippen LogP contribution in [0, 0.1) is 0 Å². The first-order chi connectivity index (χ1) is 6.99. The van der Waals surface area contributed by atoms with Crippen molar-refractivity contribution < 1.29 is 13.6 Å². The first-order valence-corrected chi connectivity index (χ1v) is 4.48. The molecule has 1 aliphatic heterocycles. The van der Waals surface area contributed by atoms with Gasteiger partial charge in [0, 0.05) is 13.0 Å². The van der Waals surface area contributed by atoms with Gasteiger partial charge >= 0.3 is 29.0 Å². The van der Waals surface area contributed by atoms with Gasteiger partial charge in [-0.3, -0.25) is 4.79 Å². The van der Waals surface area contributed by atoms with E-state index < -0.39 is 6.08 Å². The molecule has 1 aliphatic rings. The minimum atomic E-state index is -1.83. The van der Waals surface area contributed by atoms with Gasteiger partial charge in [0.15, 0.2) is 0 Å². The van der Waals surface area contributed by atoms with Crippen LogP contribution in [-0.4, -0.2) is 35.1 Å². The number of halogens is 2. The van der Waals surface area contributed by atoms with Crippen LogP contribution in [0.1, 0.15) is 12.8 Å². The Kier molecular flexibility index (Phi) is 12.4. The van der Waals surface area contributed by atoms with E-state index in [1.165, 1.54) is 0 Å². The van der Waals surface area contributed by atoms with Crippen molar-refractivity contribution in [3.05, 3.63) is 36.8 Å². The van der Waals surface area contributed by atoms with Crippen molar-refractivity contribution in [2.24, 2.45) is 0 Å². The average Bonchev–Trinajstić information content (AvgIpc) is 2.51. The average molecular weight is 209 g/mol. The van der Waals surface area contributed by atoms with Gasteiger partial charge in [-0.25, -0.2) is 0 Å². The van der Waals surface area contributed by atoms with Crippen LogP contribution >= 0.6 is 0 Å². The van der Waals surface area contributed by atoms with E-state index in [1.807, 2.05) is 17.7 Å². The summed E-state index contributed by atoms with van der Waals surface area (Å²) in [5.41, 5.74) is 0. The quantitative estimate of drug-likeness (QED) is 0.607. The van der Waals surface area contributed by atoms with Gasteiger partial charge in [0.05, 0.1) is 0 Å². The molecule has 0 aromatic rings. The molecule has 0 atom stereocenters. The van der Waals surface area contributed by atoms with E-state index in [-0.39, 0.29) is 5.91 Å². The summed E-state index contributed by atoms with van der Waals surface area (Å²) in [5, 5.41) is 0. The molecule has 1 fully saturated rings. The Balaban J connectivity index is 0. The zero-order valence-corrected chi connectivity index (χ0v) is 9.01. The molecule has 1 saturated heterocycles. The Morgan fingerprint density at radius 2 is 1.87 bits per heavy atom. The molecule has 0 aliphatic carbocycles. The van der Waals surface area contributed by atoms with Crippen LogP contribution in [0.5, 0.6) is 0 Å². The van der Waals surface area contributed by atoms with E-state index in [0.29, 0.717) is 6.42 Å². The van der Waals surface area contributed by atoms with Gasteiger partial charge < -0.3 is 4.90 Å². The van der Waals surface area contributed by atoms with Crippen molar-refractivity contribution in [1.29, 1.82) is 0 Å². The van der Waals surface area contributed by atoms with E-state index in [0.717, 1.165) is 13.0 Å². The van der Waals surface area contributed by atoms with Crippen LogP contribution in [0.25, 0.3) is 0 Å². The molecular formula is C10H14F2LiNO. The van der Waals surface area contributed by atoms with Crippen LogP contribution in [0.4, 0.5) is 8.78 Å². The molecule has 0 N–H and O–H groups in total. The van der Waals surface area contributed by atoms with Gasteiger partial charge in [-0.2, -0.15) is 8.78 Å². The second-order valence-corrected chi connectivity index (χ2v) is 2.62. The van der Waals surface area contributed by atoms with Crippen LogP contribution in [0.15, 0.2) is 36.8 Å². The first-order valence-electron chi connectivity index (χ1n) is 4.48. The number of nitrogens with zero attached hydrogens (tertiary/aromatic N) is 1. The summed E-state index contributed by atoms with van der Waals surface area (Å²) in [5.74, 6) is 0.208. The van der Waals surface area contributed by atoms with Gasteiger partial charge in [-0.05, 0) is 19.2 Å². The van der Waals surface area contributed by atoms with E-state index in [2.05, 4.69) is 19.7 Å². The number of carbonyl (C=O) groups excluding carboxylic acids is 1. The molecule has 1 rings (SSSR count). The molecule has 80 valence electrons. The van der Waals surface area contributed by atoms with Gasteiger partial charge in [0.1, 0.15) is 0 Å². The maximum absolute atomic E-state index is 10.7. The van der Waals surface area contributed by atoms with Crippen molar-refractivity contribution in [2.75, 3.05) is 6.54 Å². The molecule has 0 bridgehead atoms. The summed E-state index contributed by atoms with van der Waals surface area (Å²) >= 11 is 1.89. The molecule has 0 aromatic carbocycles. The summed E-state index contributed by atoms with van der Waals surface area (Å²) in [7, 11) is 0. The van der Waals surface area contributed by atoms with Crippen LogP contribution in [0.2, 0.25) is 0 Å². The number of likely N-dealkylation sites (tertiary alicyclic amines) is 1. The Morgan fingerprint density at radius 3 is 2.00 bits per heavy atom. The van der Waals surface area contributed by atoms with Gasteiger partial charge in [0.25, 0.3) is 6.08 Å². The third kappa shape index (κ3) is 13.1. The Hall–Kier alpha value is -0.853. The van der Waals surface area contributed by atoms with Gasteiger partial charge in [0.2, 0.25) is 5.91 Å². The van der Waals surface area contributed by atoms with E-state index in [1.54, 1.807) is 15.8 Å². The molecule has 1 heterocycles. The third-order valence-corrected chi connectivity index (χ3v) is 1.33. The van der Waals surface area contributed by atoms with E-state index in [4.69, 9.17) is 0 Å². The number of hydrogen-bond donors (Lipinski definition) is 0. The predicted molar refractivity (Wildman–Crippen MR) is 58.5 cm³/mol. The summed E-state index contributed by atoms with van der Waals surface area (Å²) in [6.45, 7) is 9.94. The molecule has 0 unspecified atom stereocenters. The van der Waals surface area contributed by atoms with E-state index in [9.17, 15) is 13.6 Å². The zero-order valence-electron chi connectivity index (χ0n) is 9.01. The van der Waals surface area contributed by atoms with E-state index >= 15 is 0 Å². The van der Waals surface area contributed by atoms with Crippen LogP contribution in [0.3, 0.4) is 0 Å². The molecule has 1 amide bonds. The molecule has 2 nitrogen and oxygen atoms in total. The number of carbonyl (C=O) groups is 1. The van der Waals surface area contributed by atoms with Crippen molar-refractivity contribution in [2.45, 2.75) is 12.8 Å². The molecule has 0 radical (unpaired) electrons. The number of hydrogen-bond acceptors (Lipinski definition) is 1. The second kappa shape index (κ2) is 11.2. The van der Waals surface area contributed by atoms with Crippen LogP contribution in [-0.2, 0) is 4.79 Å².